The summed E-state index contributed by atoms with van der Waals surface area (Å²) in [6.45, 7) is 2.34. The van der Waals surface area contributed by atoms with Crippen LogP contribution in [0.5, 0.6) is 0 Å². The standard InChI is InChI=1S/C14H22N2O3S2/c1-3-4-6-11-14(17)16(8-10-21(2,18)19)13(15-11)12-7-5-9-20-12/h5,7,9,11,13,15H,3-4,6,8,10H2,1-2H3. The molecule has 2 rings (SSSR count). The molecule has 0 aromatic carbocycles. The number of thiophene rings is 1. The number of hydrogen-bond acceptors (Lipinski definition) is 5. The lowest BCUT2D eigenvalue weighted by Crippen LogP contribution is -2.34. The van der Waals surface area contributed by atoms with Gasteiger partial charge in [-0.25, -0.2) is 8.42 Å². The van der Waals surface area contributed by atoms with Crippen molar-refractivity contribution in [1.82, 2.24) is 10.2 Å². The van der Waals surface area contributed by atoms with Crippen LogP contribution in [0.25, 0.3) is 0 Å². The number of nitrogens with zero attached hydrogens (tertiary/aromatic N) is 1. The van der Waals surface area contributed by atoms with Gasteiger partial charge in [-0.3, -0.25) is 10.1 Å². The summed E-state index contributed by atoms with van der Waals surface area (Å²) in [7, 11) is -3.08. The fraction of sp³-hybridized carbons (Fsp3) is 0.643. The largest absolute Gasteiger partial charge is 0.320 e. The highest BCUT2D eigenvalue weighted by atomic mass is 32.2. The van der Waals surface area contributed by atoms with E-state index < -0.39 is 9.84 Å². The van der Waals surface area contributed by atoms with Gasteiger partial charge in [0.1, 0.15) is 16.0 Å². The molecule has 0 bridgehead atoms. The molecule has 2 unspecified atom stereocenters. The van der Waals surface area contributed by atoms with Crippen molar-refractivity contribution in [2.75, 3.05) is 18.6 Å². The molecule has 2 heterocycles. The average molecular weight is 330 g/mol. The third-order valence-electron chi connectivity index (χ3n) is 3.61. The van der Waals surface area contributed by atoms with Crippen LogP contribution in [0.15, 0.2) is 17.5 Å². The zero-order valence-corrected chi connectivity index (χ0v) is 14.0. The summed E-state index contributed by atoms with van der Waals surface area (Å²) in [5.74, 6) is 0.0218. The van der Waals surface area contributed by atoms with E-state index in [1.54, 1.807) is 16.2 Å². The van der Waals surface area contributed by atoms with E-state index in [1.807, 2.05) is 17.5 Å². The number of carbonyl (C=O) groups is 1. The lowest BCUT2D eigenvalue weighted by atomic mass is 10.1. The molecule has 0 spiro atoms. The lowest BCUT2D eigenvalue weighted by molar-refractivity contribution is -0.129. The highest BCUT2D eigenvalue weighted by Gasteiger charge is 2.39. The van der Waals surface area contributed by atoms with Gasteiger partial charge in [-0.05, 0) is 17.9 Å². The van der Waals surface area contributed by atoms with Gasteiger partial charge in [0.15, 0.2) is 0 Å². The lowest BCUT2D eigenvalue weighted by Gasteiger charge is -2.22. The Balaban J connectivity index is 2.13. The van der Waals surface area contributed by atoms with Crippen LogP contribution in [0.1, 0.15) is 37.2 Å². The van der Waals surface area contributed by atoms with Gasteiger partial charge in [0.2, 0.25) is 5.91 Å². The molecule has 1 aromatic rings. The summed E-state index contributed by atoms with van der Waals surface area (Å²) in [5, 5.41) is 5.32. The quantitative estimate of drug-likeness (QED) is 0.827. The minimum absolute atomic E-state index is 0.00277. The maximum atomic E-state index is 12.5. The Morgan fingerprint density at radius 1 is 1.43 bits per heavy atom. The number of unbranched alkanes of at least 4 members (excludes halogenated alkanes) is 1. The van der Waals surface area contributed by atoms with Crippen molar-refractivity contribution in [3.8, 4) is 0 Å². The molecular formula is C14H22N2O3S2. The van der Waals surface area contributed by atoms with Crippen LogP contribution >= 0.6 is 11.3 Å². The van der Waals surface area contributed by atoms with E-state index in [-0.39, 0.29) is 30.4 Å². The van der Waals surface area contributed by atoms with Crippen LogP contribution in [0.3, 0.4) is 0 Å². The Hall–Kier alpha value is -0.920. The number of amides is 1. The maximum absolute atomic E-state index is 12.5. The fourth-order valence-electron chi connectivity index (χ4n) is 2.48. The van der Waals surface area contributed by atoms with Gasteiger partial charge in [0, 0.05) is 17.7 Å². The van der Waals surface area contributed by atoms with E-state index >= 15 is 0 Å². The van der Waals surface area contributed by atoms with Gasteiger partial charge in [-0.1, -0.05) is 25.8 Å². The van der Waals surface area contributed by atoms with Crippen molar-refractivity contribution in [2.45, 2.75) is 38.4 Å². The van der Waals surface area contributed by atoms with Crippen molar-refractivity contribution in [3.05, 3.63) is 22.4 Å². The molecule has 1 fully saturated rings. The topological polar surface area (TPSA) is 66.5 Å². The van der Waals surface area contributed by atoms with Gasteiger partial charge in [0.05, 0.1) is 11.8 Å². The smallest absolute Gasteiger partial charge is 0.241 e. The fourth-order valence-corrected chi connectivity index (χ4v) is 3.80. The van der Waals surface area contributed by atoms with Crippen LogP contribution < -0.4 is 5.32 Å². The zero-order chi connectivity index (χ0) is 15.5. The van der Waals surface area contributed by atoms with Crippen molar-refractivity contribution in [2.24, 2.45) is 0 Å². The van der Waals surface area contributed by atoms with Crippen LogP contribution in [0.2, 0.25) is 0 Å². The Morgan fingerprint density at radius 3 is 2.76 bits per heavy atom. The molecule has 1 aliphatic rings. The van der Waals surface area contributed by atoms with Crippen LogP contribution in [0, 0.1) is 0 Å². The Labute approximate surface area is 130 Å². The molecule has 2 atom stereocenters. The summed E-state index contributed by atoms with van der Waals surface area (Å²) in [4.78, 5) is 15.2. The molecule has 0 saturated carbocycles. The van der Waals surface area contributed by atoms with E-state index in [4.69, 9.17) is 0 Å². The first-order valence-electron chi connectivity index (χ1n) is 7.20. The summed E-state index contributed by atoms with van der Waals surface area (Å²) in [6.07, 6.45) is 3.84. The number of rotatable bonds is 7. The molecule has 1 saturated heterocycles. The second-order valence-electron chi connectivity index (χ2n) is 5.44. The maximum Gasteiger partial charge on any atom is 0.241 e. The van der Waals surface area contributed by atoms with Gasteiger partial charge in [0.25, 0.3) is 0 Å². The van der Waals surface area contributed by atoms with Crippen molar-refractivity contribution in [3.63, 3.8) is 0 Å². The van der Waals surface area contributed by atoms with E-state index in [2.05, 4.69) is 12.2 Å². The summed E-state index contributed by atoms with van der Waals surface area (Å²) in [6, 6.07) is 3.72. The second-order valence-corrected chi connectivity index (χ2v) is 8.68. The first-order valence-corrected chi connectivity index (χ1v) is 10.1. The zero-order valence-electron chi connectivity index (χ0n) is 12.4. The molecule has 1 aliphatic heterocycles. The summed E-state index contributed by atoms with van der Waals surface area (Å²) in [5.41, 5.74) is 0. The highest BCUT2D eigenvalue weighted by Crippen LogP contribution is 2.29. The molecule has 1 aromatic heterocycles. The third-order valence-corrected chi connectivity index (χ3v) is 5.46. The Bertz CT molecular complexity index is 569. The van der Waals surface area contributed by atoms with E-state index in [1.165, 1.54) is 6.26 Å². The van der Waals surface area contributed by atoms with E-state index in [0.717, 1.165) is 24.1 Å². The number of hydrogen-bond donors (Lipinski definition) is 1. The normalized spacial score (nSPS) is 23.0. The van der Waals surface area contributed by atoms with Crippen molar-refractivity contribution in [1.29, 1.82) is 0 Å². The van der Waals surface area contributed by atoms with Crippen LogP contribution in [-0.4, -0.2) is 43.8 Å². The number of nitrogens with one attached hydrogen (secondary N) is 1. The van der Waals surface area contributed by atoms with Crippen LogP contribution in [0.4, 0.5) is 0 Å². The summed E-state index contributed by atoms with van der Waals surface area (Å²) >= 11 is 1.58. The second kappa shape index (κ2) is 6.89. The molecular weight excluding hydrogens is 308 g/mol. The van der Waals surface area contributed by atoms with Gasteiger partial charge in [-0.15, -0.1) is 11.3 Å². The summed E-state index contributed by atoms with van der Waals surface area (Å²) < 4.78 is 22.8. The Kier molecular flexibility index (Phi) is 5.40. The van der Waals surface area contributed by atoms with E-state index in [9.17, 15) is 13.2 Å². The average Bonchev–Trinajstić information content (AvgIpc) is 3.01. The molecule has 5 nitrogen and oxygen atoms in total. The van der Waals surface area contributed by atoms with Gasteiger partial charge < -0.3 is 4.90 Å². The number of sulfone groups is 1. The minimum atomic E-state index is -3.08. The molecule has 0 aliphatic carbocycles. The van der Waals surface area contributed by atoms with Gasteiger partial charge in [-0.2, -0.15) is 0 Å². The number of carbonyl (C=O) groups excluding carboxylic acids is 1. The molecule has 0 radical (unpaired) electrons. The molecule has 21 heavy (non-hydrogen) atoms. The Morgan fingerprint density at radius 2 is 2.19 bits per heavy atom. The first kappa shape index (κ1) is 16.5. The van der Waals surface area contributed by atoms with Crippen molar-refractivity contribution < 1.29 is 13.2 Å². The van der Waals surface area contributed by atoms with Gasteiger partial charge >= 0.3 is 0 Å². The predicted octanol–water partition coefficient (Wildman–Crippen LogP) is 1.78. The minimum Gasteiger partial charge on any atom is -0.320 e. The molecule has 1 amide bonds. The highest BCUT2D eigenvalue weighted by molar-refractivity contribution is 7.90. The molecule has 1 N–H and O–H groups in total. The SMILES string of the molecule is CCCCC1NC(c2cccs2)N(CCS(C)(=O)=O)C1=O. The molecule has 118 valence electrons. The van der Waals surface area contributed by atoms with E-state index in [0.29, 0.717) is 0 Å². The molecule has 7 heteroatoms. The monoisotopic (exact) mass is 330 g/mol. The predicted molar refractivity (Wildman–Crippen MR) is 84.9 cm³/mol. The third kappa shape index (κ3) is 4.28. The van der Waals surface area contributed by atoms with Crippen LogP contribution in [-0.2, 0) is 14.6 Å². The van der Waals surface area contributed by atoms with Crippen molar-refractivity contribution >= 4 is 27.1 Å². The first-order chi connectivity index (χ1) is 9.92.